The highest BCUT2D eigenvalue weighted by Crippen LogP contribution is 2.32. The summed E-state index contributed by atoms with van der Waals surface area (Å²) in [5.41, 5.74) is 7.68. The summed E-state index contributed by atoms with van der Waals surface area (Å²) in [7, 11) is -4.59. The molecule has 0 amide bonds. The minimum atomic E-state index is -4.73. The van der Waals surface area contributed by atoms with Crippen LogP contribution in [0.5, 0.6) is 5.75 Å². The SMILES string of the molecule is N/C(=N\S(=O)(=O)c1cccc(C(F)(F)F)c1)N1CC(c2ccccc2)C(c2ccc(OCc3ccccc3C(=O)O)cc2)=N1. The van der Waals surface area contributed by atoms with Crippen LogP contribution in [0, 0.1) is 0 Å². The molecule has 0 saturated carbocycles. The Morgan fingerprint density at radius 1 is 0.977 bits per heavy atom. The zero-order chi connectivity index (χ0) is 31.5. The summed E-state index contributed by atoms with van der Waals surface area (Å²) < 4.78 is 74.6. The Labute approximate surface area is 250 Å². The number of carboxylic acids is 1. The smallest absolute Gasteiger partial charge is 0.416 e. The molecule has 44 heavy (non-hydrogen) atoms. The predicted octanol–water partition coefficient (Wildman–Crippen LogP) is 5.49. The second-order valence-electron chi connectivity index (χ2n) is 9.76. The van der Waals surface area contributed by atoms with Gasteiger partial charge in [-0.25, -0.2) is 9.80 Å². The van der Waals surface area contributed by atoms with Crippen molar-refractivity contribution in [2.75, 3.05) is 6.54 Å². The van der Waals surface area contributed by atoms with Gasteiger partial charge in [0, 0.05) is 11.5 Å². The molecule has 1 aliphatic heterocycles. The monoisotopic (exact) mass is 622 g/mol. The van der Waals surface area contributed by atoms with Crippen LogP contribution < -0.4 is 10.5 Å². The van der Waals surface area contributed by atoms with E-state index < -0.39 is 38.6 Å². The average molecular weight is 623 g/mol. The van der Waals surface area contributed by atoms with Crippen LogP contribution in [0.2, 0.25) is 0 Å². The summed E-state index contributed by atoms with van der Waals surface area (Å²) >= 11 is 0. The summed E-state index contributed by atoms with van der Waals surface area (Å²) in [6.45, 7) is 0.160. The Bertz CT molecular complexity index is 1840. The van der Waals surface area contributed by atoms with E-state index in [4.69, 9.17) is 10.5 Å². The summed E-state index contributed by atoms with van der Waals surface area (Å²) in [5, 5.41) is 15.1. The largest absolute Gasteiger partial charge is 0.489 e. The number of hydrogen-bond donors (Lipinski definition) is 2. The van der Waals surface area contributed by atoms with Crippen molar-refractivity contribution in [3.8, 4) is 5.75 Å². The molecule has 3 N–H and O–H groups in total. The van der Waals surface area contributed by atoms with Gasteiger partial charge in [0.05, 0.1) is 28.3 Å². The number of sulfonamides is 1. The fourth-order valence-corrected chi connectivity index (χ4v) is 5.62. The first kappa shape index (κ1) is 30.3. The summed E-state index contributed by atoms with van der Waals surface area (Å²) in [6.07, 6.45) is -4.73. The summed E-state index contributed by atoms with van der Waals surface area (Å²) in [6, 6.07) is 26.0. The third-order valence-corrected chi connectivity index (χ3v) is 8.12. The van der Waals surface area contributed by atoms with Gasteiger partial charge in [0.15, 0.2) is 0 Å². The van der Waals surface area contributed by atoms with Crippen LogP contribution in [0.4, 0.5) is 13.2 Å². The molecule has 4 aromatic rings. The number of hydrogen-bond acceptors (Lipinski definition) is 5. The van der Waals surface area contributed by atoms with Crippen molar-refractivity contribution < 1.29 is 36.2 Å². The highest BCUT2D eigenvalue weighted by atomic mass is 32.2. The van der Waals surface area contributed by atoms with Gasteiger partial charge >= 0.3 is 12.1 Å². The van der Waals surface area contributed by atoms with Crippen LogP contribution in [0.1, 0.15) is 38.5 Å². The van der Waals surface area contributed by atoms with Crippen molar-refractivity contribution in [1.82, 2.24) is 5.01 Å². The first-order chi connectivity index (χ1) is 20.9. The molecule has 0 aliphatic carbocycles. The standard InChI is InChI=1S/C31H25F3N4O5S/c32-31(33,34)23-10-6-11-25(17-23)44(41,42)37-30(35)38-18-27(20-7-2-1-3-8-20)28(36-38)21-13-15-24(16-14-21)43-19-22-9-4-5-12-26(22)29(39)40/h1-17,27H,18-19H2,(H2,35,37)(H,39,40). The maximum Gasteiger partial charge on any atom is 0.416 e. The van der Waals surface area contributed by atoms with Crippen molar-refractivity contribution in [3.05, 3.63) is 131 Å². The molecule has 0 fully saturated rings. The van der Waals surface area contributed by atoms with E-state index in [0.29, 0.717) is 28.7 Å². The molecule has 1 aliphatic rings. The molecule has 4 aromatic carbocycles. The summed E-state index contributed by atoms with van der Waals surface area (Å²) in [4.78, 5) is 10.8. The van der Waals surface area contributed by atoms with Crippen LogP contribution in [-0.4, -0.2) is 42.7 Å². The molecule has 5 rings (SSSR count). The maximum atomic E-state index is 13.2. The molecule has 0 radical (unpaired) electrons. The normalized spacial score (nSPS) is 15.6. The summed E-state index contributed by atoms with van der Waals surface area (Å²) in [5.74, 6) is -1.43. The zero-order valence-corrected chi connectivity index (χ0v) is 23.7. The Balaban J connectivity index is 1.41. The third kappa shape index (κ3) is 6.73. The van der Waals surface area contributed by atoms with Crippen molar-refractivity contribution in [3.63, 3.8) is 0 Å². The molecule has 1 heterocycles. The van der Waals surface area contributed by atoms with E-state index in [1.165, 1.54) is 11.1 Å². The number of nitrogens with two attached hydrogens (primary N) is 1. The number of carbonyl (C=O) groups is 1. The van der Waals surface area contributed by atoms with Gasteiger partial charge in [-0.15, -0.1) is 4.40 Å². The molecule has 0 spiro atoms. The second kappa shape index (κ2) is 12.2. The quantitative estimate of drug-likeness (QED) is 0.196. The fourth-order valence-electron chi connectivity index (χ4n) is 4.65. The van der Waals surface area contributed by atoms with Gasteiger partial charge in [0.1, 0.15) is 12.4 Å². The number of guanidine groups is 1. The Kier molecular flexibility index (Phi) is 8.41. The molecular formula is C31H25F3N4O5S. The number of benzene rings is 4. The minimum Gasteiger partial charge on any atom is -0.489 e. The van der Waals surface area contributed by atoms with E-state index in [9.17, 15) is 31.5 Å². The van der Waals surface area contributed by atoms with Gasteiger partial charge in [-0.2, -0.15) is 26.7 Å². The highest BCUT2D eigenvalue weighted by molar-refractivity contribution is 7.90. The van der Waals surface area contributed by atoms with Crippen molar-refractivity contribution in [2.45, 2.75) is 23.6 Å². The van der Waals surface area contributed by atoms with Crippen molar-refractivity contribution in [1.29, 1.82) is 0 Å². The van der Waals surface area contributed by atoms with Gasteiger partial charge in [-0.3, -0.25) is 0 Å². The molecule has 1 unspecified atom stereocenters. The van der Waals surface area contributed by atoms with Gasteiger partial charge < -0.3 is 15.6 Å². The van der Waals surface area contributed by atoms with E-state index in [-0.39, 0.29) is 24.6 Å². The highest BCUT2D eigenvalue weighted by Gasteiger charge is 2.33. The van der Waals surface area contributed by atoms with E-state index >= 15 is 0 Å². The number of halogens is 3. The molecule has 0 saturated heterocycles. The van der Waals surface area contributed by atoms with Crippen LogP contribution in [-0.2, 0) is 22.8 Å². The van der Waals surface area contributed by atoms with Crippen LogP contribution in [0.3, 0.4) is 0 Å². The van der Waals surface area contributed by atoms with Crippen molar-refractivity contribution >= 4 is 27.7 Å². The molecule has 0 aromatic heterocycles. The Hall–Kier alpha value is -5.17. The number of aromatic carboxylic acids is 1. The average Bonchev–Trinajstić information content (AvgIpc) is 3.46. The molecule has 226 valence electrons. The zero-order valence-electron chi connectivity index (χ0n) is 22.8. The van der Waals surface area contributed by atoms with E-state index in [1.54, 1.807) is 42.5 Å². The van der Waals surface area contributed by atoms with Crippen LogP contribution >= 0.6 is 0 Å². The number of rotatable bonds is 8. The number of carboxylic acid groups (broad SMARTS) is 1. The predicted molar refractivity (Wildman–Crippen MR) is 157 cm³/mol. The third-order valence-electron chi connectivity index (χ3n) is 6.85. The lowest BCUT2D eigenvalue weighted by Crippen LogP contribution is -2.33. The fraction of sp³-hybridized carbons (Fsp3) is 0.129. The van der Waals surface area contributed by atoms with E-state index in [1.807, 2.05) is 30.3 Å². The second-order valence-corrected chi connectivity index (χ2v) is 11.4. The maximum absolute atomic E-state index is 13.2. The van der Waals surface area contributed by atoms with Crippen LogP contribution in [0.25, 0.3) is 0 Å². The molecular weight excluding hydrogens is 597 g/mol. The number of ether oxygens (including phenoxy) is 1. The lowest BCUT2D eigenvalue weighted by atomic mass is 9.90. The lowest BCUT2D eigenvalue weighted by Gasteiger charge is -2.16. The topological polar surface area (TPSA) is 135 Å². The van der Waals surface area contributed by atoms with Gasteiger partial charge in [-0.05, 0) is 59.7 Å². The van der Waals surface area contributed by atoms with Gasteiger partial charge in [0.2, 0.25) is 5.96 Å². The Morgan fingerprint density at radius 2 is 1.66 bits per heavy atom. The number of nitrogens with zero attached hydrogens (tertiary/aromatic N) is 3. The first-order valence-electron chi connectivity index (χ1n) is 13.2. The number of hydrazone groups is 1. The molecule has 0 bridgehead atoms. The first-order valence-corrected chi connectivity index (χ1v) is 14.6. The van der Waals surface area contributed by atoms with E-state index in [2.05, 4.69) is 9.50 Å². The Morgan fingerprint density at radius 3 is 2.34 bits per heavy atom. The lowest BCUT2D eigenvalue weighted by molar-refractivity contribution is -0.137. The van der Waals surface area contributed by atoms with Gasteiger partial charge in [0.25, 0.3) is 10.0 Å². The van der Waals surface area contributed by atoms with Crippen molar-refractivity contribution in [2.24, 2.45) is 15.2 Å². The van der Waals surface area contributed by atoms with Gasteiger partial charge in [-0.1, -0.05) is 54.6 Å². The minimum absolute atomic E-state index is 0.0382. The van der Waals surface area contributed by atoms with E-state index in [0.717, 1.165) is 23.8 Å². The molecule has 9 nitrogen and oxygen atoms in total. The molecule has 13 heteroatoms. The number of alkyl halides is 3. The van der Waals surface area contributed by atoms with Crippen LogP contribution in [0.15, 0.2) is 118 Å². The molecule has 1 atom stereocenters.